The summed E-state index contributed by atoms with van der Waals surface area (Å²) in [7, 11) is 12.2. The van der Waals surface area contributed by atoms with Crippen LogP contribution in [-0.2, 0) is 7.05 Å². The maximum atomic E-state index is 13.0. The first-order valence-electron chi connectivity index (χ1n) is 50.0. The molecule has 0 radical (unpaired) electrons. The number of anilines is 2. The van der Waals surface area contributed by atoms with E-state index < -0.39 is 0 Å². The second kappa shape index (κ2) is 41.4. The average molecular weight is 1940 g/mol. The quantitative estimate of drug-likeness (QED) is 0.106. The summed E-state index contributed by atoms with van der Waals surface area (Å²) in [5.74, 6) is 1.86. The van der Waals surface area contributed by atoms with Crippen LogP contribution in [0.3, 0.4) is 0 Å². The number of nitrogens with one attached hydrogen (secondary N) is 1. The highest BCUT2D eigenvalue weighted by atomic mass is 16.1. The van der Waals surface area contributed by atoms with Gasteiger partial charge in [-0.3, -0.25) is 65.6 Å². The number of piperidine rings is 3. The maximum Gasteiger partial charge on any atom is 0.258 e. The summed E-state index contributed by atoms with van der Waals surface area (Å²) in [6, 6.07) is 44.3. The molecule has 0 spiro atoms. The van der Waals surface area contributed by atoms with Crippen molar-refractivity contribution < 1.29 is 0 Å². The van der Waals surface area contributed by atoms with Crippen molar-refractivity contribution in [1.82, 2.24) is 130 Å². The molecule has 145 heavy (non-hydrogen) atoms. The number of rotatable bonds is 14. The lowest BCUT2D eigenvalue weighted by atomic mass is 9.91. The van der Waals surface area contributed by atoms with Gasteiger partial charge in [-0.15, -0.1) is 0 Å². The molecule has 0 unspecified atom stereocenters. The summed E-state index contributed by atoms with van der Waals surface area (Å²) < 4.78 is 15.5. The fraction of sp³-hybridized carbons (Fsp3) is 0.333. The molecule has 18 aromatic heterocycles. The largest absolute Gasteiger partial charge is 0.370 e. The van der Waals surface area contributed by atoms with Gasteiger partial charge < -0.3 is 34.7 Å². The third-order valence-electron chi connectivity index (χ3n) is 28.7. The van der Waals surface area contributed by atoms with Gasteiger partial charge in [0.15, 0.2) is 0 Å². The number of likely N-dealkylation sites (tertiary alicyclic amines) is 1. The Balaban J connectivity index is 0.000000111. The van der Waals surface area contributed by atoms with Gasteiger partial charge in [0.1, 0.15) is 51.1 Å². The molecular weight excluding hydrogens is 1820 g/mol. The second-order valence-electron chi connectivity index (χ2n) is 39.0. The van der Waals surface area contributed by atoms with Gasteiger partial charge in [0.05, 0.1) is 115 Å². The minimum atomic E-state index is -0.0991. The summed E-state index contributed by atoms with van der Waals surface area (Å²) in [6.07, 6.45) is 32.1. The fourth-order valence-corrected chi connectivity index (χ4v) is 20.4. The Kier molecular flexibility index (Phi) is 27.6. The number of aromatic nitrogens is 22. The van der Waals surface area contributed by atoms with Crippen LogP contribution in [0.25, 0.3) is 124 Å². The molecule has 0 aliphatic carbocycles. The molecule has 1 aromatic carbocycles. The molecule has 5 aliphatic rings. The number of hydrogen-bond acceptors (Lipinski definition) is 25. The first-order chi connectivity index (χ1) is 70.1. The number of hydrogen-bond donors (Lipinski definition) is 1. The normalized spacial score (nSPS) is 15.4. The van der Waals surface area contributed by atoms with Crippen LogP contribution in [0.15, 0.2) is 238 Å². The highest BCUT2D eigenvalue weighted by Gasteiger charge is 2.27. The Morgan fingerprint density at radius 3 is 1.21 bits per heavy atom. The van der Waals surface area contributed by atoms with Crippen LogP contribution in [0.1, 0.15) is 133 Å². The van der Waals surface area contributed by atoms with E-state index in [1.807, 2.05) is 207 Å². The van der Waals surface area contributed by atoms with Crippen LogP contribution < -0.4 is 42.9 Å². The number of fused-ring (bicyclic) bond motifs is 9. The first-order valence-corrected chi connectivity index (χ1v) is 50.0. The van der Waals surface area contributed by atoms with Crippen molar-refractivity contribution >= 4 is 78.3 Å². The zero-order valence-corrected chi connectivity index (χ0v) is 84.6. The third-order valence-corrected chi connectivity index (χ3v) is 28.7. The van der Waals surface area contributed by atoms with Crippen molar-refractivity contribution in [2.45, 2.75) is 125 Å². The van der Waals surface area contributed by atoms with Crippen molar-refractivity contribution in [3.63, 3.8) is 0 Å². The van der Waals surface area contributed by atoms with Crippen LogP contribution in [0, 0.1) is 41.5 Å². The lowest BCUT2D eigenvalue weighted by Crippen LogP contribution is -2.45. The summed E-state index contributed by atoms with van der Waals surface area (Å²) in [4.78, 5) is 119. The lowest BCUT2D eigenvalue weighted by Gasteiger charge is -2.38. The standard InChI is InChI=1S/C25H31N7O.C22H24N6O.C22H21N5O.C21H22N6O.C21H23N5O/c1-5-29(6-2)19-9-11-30(12-10-19)20-7-8-24-27-21(14-25(33)31(24)16-20)22-13-23-18(4)26-17(3)15-32(23)28-22;1-14-12-28-20(15(2)23-14)10-19(25-28)18-11-22(29)27-13-17(4-5-21(27)24-18)16-6-8-26(3)9-7-16;1-25-9-7-15(8-10-25)17-4-6-21-24-19(12-22(28)27(21)14-17)16-3-5-20-18(11-16)13-23-26(20)2;1-13-11-27-19(14(2)23-13)9-18(25-27)17-10-21(28)26-12-16(3-4-20(26)24-17)15-5-7-22-8-6-15;1-24(2)19-6-4-16(13-22-19)18-12-21(27)26-14-17(5-7-20(26)23-18)15-8-10-25(3)11-9-15/h7-8,13-16,19H,5-6,9-12H2,1-4H3;4-5,10-13,16H,6-9H2,1-3H3;3-7,11-14H,8-10H2,1-2H3;3-4,9-12,15,22H,5-8H2,1-2H3;4-8,12-14H,9-11H2,1-3H3. The highest BCUT2D eigenvalue weighted by molar-refractivity contribution is 5.84. The van der Waals surface area contributed by atoms with Gasteiger partial charge in [0, 0.05) is 150 Å². The summed E-state index contributed by atoms with van der Waals surface area (Å²) in [5, 5.41) is 22.5. The van der Waals surface area contributed by atoms with Gasteiger partial charge in [-0.25, -0.2) is 43.5 Å². The highest BCUT2D eigenvalue weighted by Crippen LogP contribution is 2.34. The Bertz CT molecular complexity index is 8540. The van der Waals surface area contributed by atoms with E-state index in [0.29, 0.717) is 91.7 Å². The molecule has 0 atom stereocenters. The smallest absolute Gasteiger partial charge is 0.258 e. The average Bonchev–Trinajstić information content (AvgIpc) is 1.72. The van der Waals surface area contributed by atoms with Crippen molar-refractivity contribution in [3.05, 3.63) is 322 Å². The van der Waals surface area contributed by atoms with Gasteiger partial charge in [-0.05, 0) is 290 Å². The van der Waals surface area contributed by atoms with Crippen LogP contribution in [-0.4, -0.2) is 245 Å². The Hall–Kier alpha value is -15.6. The molecule has 0 bridgehead atoms. The Labute approximate surface area is 837 Å². The summed E-state index contributed by atoms with van der Waals surface area (Å²) >= 11 is 0. The van der Waals surface area contributed by atoms with E-state index in [4.69, 9.17) is 19.9 Å². The van der Waals surface area contributed by atoms with Crippen molar-refractivity contribution in [2.75, 3.05) is 124 Å². The minimum Gasteiger partial charge on any atom is -0.370 e. The van der Waals surface area contributed by atoms with Crippen LogP contribution >= 0.6 is 0 Å². The first kappa shape index (κ1) is 96.9. The topological polar surface area (TPSA) is 325 Å². The fourth-order valence-electron chi connectivity index (χ4n) is 20.4. The molecule has 34 nitrogen and oxygen atoms in total. The molecule has 0 amide bonds. The Morgan fingerprint density at radius 1 is 0.366 bits per heavy atom. The molecule has 24 rings (SSSR count). The van der Waals surface area contributed by atoms with Gasteiger partial charge in [0.25, 0.3) is 27.8 Å². The van der Waals surface area contributed by atoms with Crippen molar-refractivity contribution in [3.8, 4) is 56.7 Å². The van der Waals surface area contributed by atoms with E-state index >= 15 is 0 Å². The molecule has 3 fully saturated rings. The van der Waals surface area contributed by atoms with Crippen molar-refractivity contribution in [1.29, 1.82) is 0 Å². The van der Waals surface area contributed by atoms with Crippen LogP contribution in [0.2, 0.25) is 0 Å². The number of benzene rings is 1. The van der Waals surface area contributed by atoms with Gasteiger partial charge in [-0.2, -0.15) is 20.4 Å². The molecule has 23 heterocycles. The van der Waals surface area contributed by atoms with E-state index in [9.17, 15) is 24.0 Å². The molecule has 740 valence electrons. The van der Waals surface area contributed by atoms with E-state index in [-0.39, 0.29) is 27.8 Å². The molecule has 0 saturated carbocycles. The number of likely N-dealkylation sites (N-methyl/N-ethyl adjacent to an activating group) is 2. The zero-order valence-electron chi connectivity index (χ0n) is 84.6. The number of aryl methyl sites for hydroxylation is 7. The number of pyridine rings is 6. The van der Waals surface area contributed by atoms with Gasteiger partial charge in [0.2, 0.25) is 0 Å². The minimum absolute atomic E-state index is 0.0679. The monoisotopic (exact) mass is 1940 g/mol. The maximum absolute atomic E-state index is 13.0. The van der Waals surface area contributed by atoms with Crippen molar-refractivity contribution in [2.24, 2.45) is 7.05 Å². The molecular formula is C111H121N29O5. The van der Waals surface area contributed by atoms with E-state index in [0.717, 1.165) is 225 Å². The SMILES string of the molecule is CCN(CC)C1CCN(c2ccc3nc(-c4cc5c(C)nc(C)cn5n4)cc(=O)n3c2)CC1.CN1CC=C(c2ccc3nc(-c4ccc(N(C)C)nc4)cc(=O)n3c2)CC1.CN1CC=C(c2ccc3nc(-c4ccc5c(cnn5C)c4)cc(=O)n3c2)CC1.Cc1cn2nc(-c3cc(=O)n4cc(C5CCN(C)CC5)ccc4n3)cc2c(C)n1.Cc1cn2nc(-c3cc(=O)n4cc(C5CCNCC5)ccc4n3)cc2c(C)n1. The molecule has 5 aliphatic heterocycles. The van der Waals surface area contributed by atoms with E-state index in [1.54, 1.807) is 72.1 Å². The van der Waals surface area contributed by atoms with Crippen LogP contribution in [0.5, 0.6) is 0 Å². The molecule has 3 saturated heterocycles. The predicted molar refractivity (Wildman–Crippen MR) is 572 cm³/mol. The molecule has 1 N–H and O–H groups in total. The summed E-state index contributed by atoms with van der Waals surface area (Å²) in [6.45, 7) is 28.6. The summed E-state index contributed by atoms with van der Waals surface area (Å²) in [5.41, 5.74) is 27.1. The number of nitrogens with zero attached hydrogens (tertiary/aromatic N) is 28. The lowest BCUT2D eigenvalue weighted by molar-refractivity contribution is 0.186. The molecule has 34 heteroatoms. The zero-order chi connectivity index (χ0) is 101. The third kappa shape index (κ3) is 20.9. The van der Waals surface area contributed by atoms with Gasteiger partial charge >= 0.3 is 0 Å². The second-order valence-corrected chi connectivity index (χ2v) is 39.0. The van der Waals surface area contributed by atoms with Gasteiger partial charge in [-0.1, -0.05) is 44.2 Å². The van der Waals surface area contributed by atoms with Crippen LogP contribution in [0.4, 0.5) is 11.5 Å². The predicted octanol–water partition coefficient (Wildman–Crippen LogP) is 14.2. The molecule has 19 aromatic rings. The van der Waals surface area contributed by atoms with E-state index in [2.05, 4.69) is 153 Å². The Morgan fingerprint density at radius 2 is 0.772 bits per heavy atom. The van der Waals surface area contributed by atoms with E-state index in [1.165, 1.54) is 22.3 Å².